The number of benzene rings is 1. The van der Waals surface area contributed by atoms with Crippen molar-refractivity contribution in [1.29, 1.82) is 0 Å². The monoisotopic (exact) mass is 326 g/mol. The van der Waals surface area contributed by atoms with Gasteiger partial charge in [-0.15, -0.1) is 0 Å². The molecule has 0 bridgehead atoms. The van der Waals surface area contributed by atoms with Gasteiger partial charge >= 0.3 is 11.0 Å². The van der Waals surface area contributed by atoms with E-state index in [4.69, 9.17) is 16.7 Å². The van der Waals surface area contributed by atoms with Gasteiger partial charge < -0.3 is 10.0 Å². The van der Waals surface area contributed by atoms with Crippen LogP contribution in [0.3, 0.4) is 0 Å². The number of hydrogen-bond acceptors (Lipinski definition) is 5. The quantitative estimate of drug-likeness (QED) is 0.649. The topological polar surface area (TPSA) is 83.7 Å². The van der Waals surface area contributed by atoms with Gasteiger partial charge in [-0.1, -0.05) is 29.0 Å². The lowest BCUT2D eigenvalue weighted by molar-refractivity contribution is -0.380. The van der Waals surface area contributed by atoms with Gasteiger partial charge in [0.05, 0.1) is 4.92 Å². The average Bonchev–Trinajstić information content (AvgIpc) is 2.86. The van der Waals surface area contributed by atoms with Crippen molar-refractivity contribution in [3.05, 3.63) is 56.4 Å². The van der Waals surface area contributed by atoms with Crippen LogP contribution >= 0.6 is 22.9 Å². The lowest BCUT2D eigenvalue weighted by Crippen LogP contribution is -2.28. The number of carboxylic acids is 1. The Bertz CT molecular complexity index is 674. The summed E-state index contributed by atoms with van der Waals surface area (Å²) in [6.45, 7) is 0.0426. The summed E-state index contributed by atoms with van der Waals surface area (Å²) in [4.78, 5) is 22.8. The van der Waals surface area contributed by atoms with Crippen molar-refractivity contribution < 1.29 is 14.8 Å². The summed E-state index contributed by atoms with van der Waals surface area (Å²) in [6.07, 6.45) is 0. The third-order valence-corrected chi connectivity index (χ3v) is 3.86. The minimum absolute atomic E-state index is 0.0337. The molecule has 21 heavy (non-hydrogen) atoms. The van der Waals surface area contributed by atoms with Crippen molar-refractivity contribution in [2.75, 3.05) is 11.4 Å². The molecule has 0 aliphatic heterocycles. The third-order valence-electron chi connectivity index (χ3n) is 2.69. The average molecular weight is 327 g/mol. The van der Waals surface area contributed by atoms with E-state index in [9.17, 15) is 14.9 Å². The molecular formula is C13H11ClN2O4S. The number of halogens is 1. The molecule has 0 atom stereocenters. The first-order chi connectivity index (χ1) is 9.95. The predicted molar refractivity (Wildman–Crippen MR) is 81.1 cm³/mol. The smallest absolute Gasteiger partial charge is 0.324 e. The Hall–Kier alpha value is -2.12. The highest BCUT2D eigenvalue weighted by Crippen LogP contribution is 2.26. The highest BCUT2D eigenvalue weighted by Gasteiger charge is 2.15. The molecule has 0 aliphatic carbocycles. The second-order valence-corrected chi connectivity index (χ2v) is 5.61. The van der Waals surface area contributed by atoms with Gasteiger partial charge in [0.25, 0.3) is 0 Å². The van der Waals surface area contributed by atoms with Crippen molar-refractivity contribution >= 4 is 39.6 Å². The minimum atomic E-state index is -0.986. The fourth-order valence-electron chi connectivity index (χ4n) is 1.84. The molecule has 8 heteroatoms. The molecule has 6 nitrogen and oxygen atoms in total. The molecule has 1 N–H and O–H groups in total. The Kier molecular flexibility index (Phi) is 4.77. The Labute approximate surface area is 129 Å². The molecule has 1 aromatic heterocycles. The Morgan fingerprint density at radius 2 is 2.19 bits per heavy atom. The molecule has 0 saturated heterocycles. The first-order valence-corrected chi connectivity index (χ1v) is 7.15. The number of aliphatic carboxylic acids is 1. The number of anilines is 1. The Morgan fingerprint density at radius 1 is 1.43 bits per heavy atom. The summed E-state index contributed by atoms with van der Waals surface area (Å²) < 4.78 is 0. The molecule has 0 unspecified atom stereocenters. The van der Waals surface area contributed by atoms with Crippen LogP contribution in [0.4, 0.5) is 10.7 Å². The van der Waals surface area contributed by atoms with Crippen LogP contribution in [0, 0.1) is 10.1 Å². The molecule has 0 amide bonds. The molecule has 2 rings (SSSR count). The maximum Gasteiger partial charge on any atom is 0.324 e. The second kappa shape index (κ2) is 6.55. The Balaban J connectivity index is 2.23. The lowest BCUT2D eigenvalue weighted by Gasteiger charge is -2.22. The van der Waals surface area contributed by atoms with Crippen molar-refractivity contribution in [3.63, 3.8) is 0 Å². The highest BCUT2D eigenvalue weighted by molar-refractivity contribution is 7.13. The van der Waals surface area contributed by atoms with Crippen LogP contribution in [0.1, 0.15) is 5.56 Å². The van der Waals surface area contributed by atoms with E-state index in [-0.39, 0.29) is 18.1 Å². The molecule has 0 radical (unpaired) electrons. The lowest BCUT2D eigenvalue weighted by atomic mass is 10.2. The molecule has 110 valence electrons. The van der Waals surface area contributed by atoms with Gasteiger partial charge in [-0.25, -0.2) is 0 Å². The molecular weight excluding hydrogens is 316 g/mol. The minimum Gasteiger partial charge on any atom is -0.480 e. The van der Waals surface area contributed by atoms with E-state index in [1.54, 1.807) is 34.5 Å². The van der Waals surface area contributed by atoms with Gasteiger partial charge in [-0.2, -0.15) is 0 Å². The first-order valence-electron chi connectivity index (χ1n) is 5.90. The molecule has 0 fully saturated rings. The maximum atomic E-state index is 11.0. The van der Waals surface area contributed by atoms with E-state index >= 15 is 0 Å². The Morgan fingerprint density at radius 3 is 2.76 bits per heavy atom. The summed E-state index contributed by atoms with van der Waals surface area (Å²) >= 11 is 6.93. The molecule has 1 aromatic carbocycles. The summed E-state index contributed by atoms with van der Waals surface area (Å²) in [5, 5.41) is 21.9. The van der Waals surface area contributed by atoms with Gasteiger partial charge in [0, 0.05) is 28.7 Å². The molecule has 0 spiro atoms. The number of carbonyl (C=O) groups is 1. The predicted octanol–water partition coefficient (Wildman–Crippen LogP) is 3.40. The van der Waals surface area contributed by atoms with Crippen LogP contribution in [0.25, 0.3) is 0 Å². The molecule has 2 aromatic rings. The number of nitro groups is 1. The maximum absolute atomic E-state index is 11.0. The molecule has 0 aliphatic rings. The van der Waals surface area contributed by atoms with E-state index in [1.165, 1.54) is 6.07 Å². The van der Waals surface area contributed by atoms with Crippen LogP contribution in [0.15, 0.2) is 35.7 Å². The van der Waals surface area contributed by atoms with Crippen LogP contribution in [0.2, 0.25) is 5.02 Å². The number of rotatable bonds is 6. The van der Waals surface area contributed by atoms with Crippen LogP contribution in [-0.4, -0.2) is 22.5 Å². The zero-order valence-corrected chi connectivity index (χ0v) is 12.3. The van der Waals surface area contributed by atoms with Crippen molar-refractivity contribution in [1.82, 2.24) is 0 Å². The van der Waals surface area contributed by atoms with E-state index in [0.29, 0.717) is 16.3 Å². The third kappa shape index (κ3) is 4.17. The standard InChI is InChI=1S/C13H11ClN2O4S/c14-10-2-1-3-11(5-10)15(7-13(17)18)6-9-4-12(16(19)20)21-8-9/h1-5,8H,6-7H2,(H,17,18). The summed E-state index contributed by atoms with van der Waals surface area (Å²) in [5.41, 5.74) is 1.34. The molecule has 1 heterocycles. The van der Waals surface area contributed by atoms with E-state index in [2.05, 4.69) is 0 Å². The SMILES string of the molecule is O=C(O)CN(Cc1csc([N+](=O)[O-])c1)c1cccc(Cl)c1. The van der Waals surface area contributed by atoms with Crippen LogP contribution in [0.5, 0.6) is 0 Å². The fourth-order valence-corrected chi connectivity index (χ4v) is 2.74. The van der Waals surface area contributed by atoms with Crippen LogP contribution in [-0.2, 0) is 11.3 Å². The van der Waals surface area contributed by atoms with Crippen molar-refractivity contribution in [3.8, 4) is 0 Å². The van der Waals surface area contributed by atoms with Crippen molar-refractivity contribution in [2.24, 2.45) is 0 Å². The summed E-state index contributed by atoms with van der Waals surface area (Å²) in [6, 6.07) is 8.27. The zero-order chi connectivity index (χ0) is 15.4. The summed E-state index contributed by atoms with van der Waals surface area (Å²) in [5.74, 6) is -0.986. The van der Waals surface area contributed by atoms with E-state index < -0.39 is 10.9 Å². The highest BCUT2D eigenvalue weighted by atomic mass is 35.5. The second-order valence-electron chi connectivity index (χ2n) is 4.28. The molecule has 0 saturated carbocycles. The normalized spacial score (nSPS) is 10.3. The largest absolute Gasteiger partial charge is 0.480 e. The van der Waals surface area contributed by atoms with Crippen LogP contribution < -0.4 is 4.90 Å². The van der Waals surface area contributed by atoms with Crippen molar-refractivity contribution in [2.45, 2.75) is 6.54 Å². The van der Waals surface area contributed by atoms with Gasteiger partial charge in [0.15, 0.2) is 0 Å². The van der Waals surface area contributed by atoms with Gasteiger partial charge in [-0.05, 0) is 23.8 Å². The number of carboxylic acid groups (broad SMARTS) is 1. The van der Waals surface area contributed by atoms with Gasteiger partial charge in [-0.3, -0.25) is 14.9 Å². The van der Waals surface area contributed by atoms with Gasteiger partial charge in [0.2, 0.25) is 0 Å². The number of hydrogen-bond donors (Lipinski definition) is 1. The zero-order valence-electron chi connectivity index (χ0n) is 10.7. The summed E-state index contributed by atoms with van der Waals surface area (Å²) in [7, 11) is 0. The van der Waals surface area contributed by atoms with E-state index in [0.717, 1.165) is 11.3 Å². The number of thiophene rings is 1. The first kappa shape index (κ1) is 15.3. The fraction of sp³-hybridized carbons (Fsp3) is 0.154. The number of nitrogens with zero attached hydrogens (tertiary/aromatic N) is 2. The van der Waals surface area contributed by atoms with Gasteiger partial charge in [0.1, 0.15) is 6.54 Å². The van der Waals surface area contributed by atoms with E-state index in [1.807, 2.05) is 0 Å².